The summed E-state index contributed by atoms with van der Waals surface area (Å²) in [6, 6.07) is 9.31. The van der Waals surface area contributed by atoms with Gasteiger partial charge in [-0.05, 0) is 0 Å². The molecule has 0 amide bonds. The van der Waals surface area contributed by atoms with E-state index >= 15 is 0 Å². The third-order valence-electron chi connectivity index (χ3n) is 3.65. The Hall–Kier alpha value is -0.0399. The van der Waals surface area contributed by atoms with Gasteiger partial charge in [0.1, 0.15) is 0 Å². The molecule has 16 heavy (non-hydrogen) atoms. The van der Waals surface area contributed by atoms with E-state index in [1.54, 1.807) is 3.26 Å². The van der Waals surface area contributed by atoms with Gasteiger partial charge in [-0.2, -0.15) is 0 Å². The molecule has 0 unspecified atom stereocenters. The maximum absolute atomic E-state index is 2.34. The predicted molar refractivity (Wildman–Crippen MR) is 66.6 cm³/mol. The van der Waals surface area contributed by atoms with E-state index in [2.05, 4.69) is 38.1 Å². The zero-order valence-corrected chi connectivity index (χ0v) is 13.9. The van der Waals surface area contributed by atoms with Gasteiger partial charge in [-0.25, -0.2) is 0 Å². The van der Waals surface area contributed by atoms with Crippen molar-refractivity contribution in [1.29, 1.82) is 0 Å². The molecule has 82 valence electrons. The Morgan fingerprint density at radius 1 is 1.12 bits per heavy atom. The predicted octanol–water partition coefficient (Wildman–Crippen LogP) is 4.07. The van der Waals surface area contributed by atoms with Gasteiger partial charge in [0.2, 0.25) is 0 Å². The number of rotatable bonds is 3. The Morgan fingerprint density at radius 3 is 2.19 bits per heavy atom. The molecule has 2 rings (SSSR count). The van der Waals surface area contributed by atoms with Gasteiger partial charge in [-0.3, -0.25) is 0 Å². The van der Waals surface area contributed by atoms with Gasteiger partial charge < -0.3 is 0 Å². The molecule has 0 aromatic heterocycles. The summed E-state index contributed by atoms with van der Waals surface area (Å²) in [5, 5.41) is 0. The molecule has 0 heterocycles. The Balaban J connectivity index is 2.11. The standard InChI is InChI=1S/C15H20.Hf/c1-12(2)15-9-7-14(8-10-15)11-13-5-3-4-6-13;/h7-10,12-13H,3-6H2,1-2H3;/q;+2. The second-order valence-electron chi connectivity index (χ2n) is 5.17. The second kappa shape index (κ2) is 5.53. The van der Waals surface area contributed by atoms with Crippen molar-refractivity contribution in [2.24, 2.45) is 5.92 Å². The van der Waals surface area contributed by atoms with Crippen molar-refractivity contribution in [2.45, 2.75) is 45.4 Å². The first kappa shape index (κ1) is 12.4. The van der Waals surface area contributed by atoms with Crippen LogP contribution in [0.2, 0.25) is 0 Å². The molecule has 0 atom stereocenters. The van der Waals surface area contributed by atoms with Crippen molar-refractivity contribution >= 4 is 3.26 Å². The summed E-state index contributed by atoms with van der Waals surface area (Å²) in [6.07, 6.45) is 5.76. The normalized spacial score (nSPS) is 17.1. The van der Waals surface area contributed by atoms with E-state index in [9.17, 15) is 0 Å². The first-order chi connectivity index (χ1) is 7.68. The molecule has 0 nitrogen and oxygen atoms in total. The fraction of sp³-hybridized carbons (Fsp3) is 0.533. The SMILES string of the molecule is CC(C)c1ccc([C](=[Hf+2])C2CCCC2)cc1. The first-order valence-electron chi connectivity index (χ1n) is 6.37. The van der Waals surface area contributed by atoms with E-state index in [-0.39, 0.29) is 0 Å². The van der Waals surface area contributed by atoms with Crippen LogP contribution >= 0.6 is 0 Å². The van der Waals surface area contributed by atoms with E-state index in [0.29, 0.717) is 5.92 Å². The average Bonchev–Trinajstić information content (AvgIpc) is 2.81. The van der Waals surface area contributed by atoms with E-state index in [1.165, 1.54) is 60.7 Å². The third kappa shape index (κ3) is 2.80. The molecular formula is C15H20Hf+2. The van der Waals surface area contributed by atoms with Gasteiger partial charge in [0.25, 0.3) is 0 Å². The summed E-state index contributed by atoms with van der Waals surface area (Å²) in [5.41, 5.74) is 2.98. The van der Waals surface area contributed by atoms with Crippen molar-refractivity contribution in [2.75, 3.05) is 0 Å². The summed E-state index contributed by atoms with van der Waals surface area (Å²) in [4.78, 5) is 0. The Kier molecular flexibility index (Phi) is 4.29. The fourth-order valence-electron chi connectivity index (χ4n) is 2.50. The zero-order chi connectivity index (χ0) is 11.5. The number of benzene rings is 1. The van der Waals surface area contributed by atoms with Crippen LogP contribution in [0.3, 0.4) is 0 Å². The van der Waals surface area contributed by atoms with Crippen molar-refractivity contribution in [3.05, 3.63) is 35.4 Å². The summed E-state index contributed by atoms with van der Waals surface area (Å²) in [7, 11) is 0. The minimum absolute atomic E-state index is 0.651. The van der Waals surface area contributed by atoms with Gasteiger partial charge in [0, 0.05) is 0 Å². The molecule has 0 spiro atoms. The van der Waals surface area contributed by atoms with Crippen LogP contribution < -0.4 is 0 Å². The minimum atomic E-state index is 0.651. The molecule has 1 aliphatic carbocycles. The molecule has 1 saturated carbocycles. The van der Waals surface area contributed by atoms with Gasteiger partial charge in [-0.1, -0.05) is 0 Å². The van der Waals surface area contributed by atoms with Crippen LogP contribution in [0.1, 0.15) is 56.6 Å². The van der Waals surface area contributed by atoms with Crippen LogP contribution in [-0.4, -0.2) is 3.26 Å². The monoisotopic (exact) mass is 380 g/mol. The molecule has 0 N–H and O–H groups in total. The van der Waals surface area contributed by atoms with E-state index in [0.717, 1.165) is 5.92 Å². The van der Waals surface area contributed by atoms with E-state index in [4.69, 9.17) is 0 Å². The van der Waals surface area contributed by atoms with Crippen molar-refractivity contribution < 1.29 is 23.9 Å². The molecule has 0 aliphatic heterocycles. The summed E-state index contributed by atoms with van der Waals surface area (Å²) in [5.74, 6) is 1.56. The number of hydrogen-bond acceptors (Lipinski definition) is 0. The van der Waals surface area contributed by atoms with Crippen LogP contribution in [0.15, 0.2) is 24.3 Å². The molecule has 0 radical (unpaired) electrons. The van der Waals surface area contributed by atoms with Crippen molar-refractivity contribution in [3.8, 4) is 0 Å². The Labute approximate surface area is 114 Å². The third-order valence-corrected chi connectivity index (χ3v) is 6.16. The fourth-order valence-corrected chi connectivity index (χ4v) is 4.13. The van der Waals surface area contributed by atoms with E-state index < -0.39 is 0 Å². The van der Waals surface area contributed by atoms with Crippen LogP contribution in [0.4, 0.5) is 0 Å². The quantitative estimate of drug-likeness (QED) is 0.696. The van der Waals surface area contributed by atoms with Gasteiger partial charge in [0.15, 0.2) is 0 Å². The summed E-state index contributed by atoms with van der Waals surface area (Å²) >= 11 is 1.23. The topological polar surface area (TPSA) is 0 Å². The Morgan fingerprint density at radius 2 is 1.69 bits per heavy atom. The van der Waals surface area contributed by atoms with Crippen LogP contribution in [-0.2, 0) is 23.9 Å². The summed E-state index contributed by atoms with van der Waals surface area (Å²) in [6.45, 7) is 4.52. The average molecular weight is 379 g/mol. The van der Waals surface area contributed by atoms with Gasteiger partial charge in [0.05, 0.1) is 0 Å². The number of hydrogen-bond donors (Lipinski definition) is 0. The zero-order valence-electron chi connectivity index (χ0n) is 10.3. The summed E-state index contributed by atoms with van der Waals surface area (Å²) < 4.78 is 1.74. The maximum atomic E-state index is 2.34. The van der Waals surface area contributed by atoms with Crippen LogP contribution in [0.25, 0.3) is 0 Å². The van der Waals surface area contributed by atoms with Crippen LogP contribution in [0, 0.1) is 5.92 Å². The van der Waals surface area contributed by atoms with Crippen molar-refractivity contribution in [1.82, 2.24) is 0 Å². The van der Waals surface area contributed by atoms with Crippen molar-refractivity contribution in [3.63, 3.8) is 0 Å². The van der Waals surface area contributed by atoms with E-state index in [1.807, 2.05) is 0 Å². The second-order valence-corrected chi connectivity index (χ2v) is 7.11. The molecule has 1 aliphatic rings. The van der Waals surface area contributed by atoms with Crippen LogP contribution in [0.5, 0.6) is 0 Å². The molecule has 0 saturated heterocycles. The molecule has 1 heteroatoms. The molecule has 1 fully saturated rings. The molecular weight excluding hydrogens is 359 g/mol. The van der Waals surface area contributed by atoms with Gasteiger partial charge in [-0.15, -0.1) is 0 Å². The molecule has 1 aromatic rings. The molecule has 0 bridgehead atoms. The molecule has 1 aromatic carbocycles. The first-order valence-corrected chi connectivity index (χ1v) is 8.17. The Bertz CT molecular complexity index is 356. The van der Waals surface area contributed by atoms with Gasteiger partial charge >= 0.3 is 114 Å².